The van der Waals surface area contributed by atoms with Crippen LogP contribution >= 0.6 is 11.6 Å². The van der Waals surface area contributed by atoms with E-state index in [9.17, 15) is 4.79 Å². The molecule has 1 aromatic heterocycles. The fourth-order valence-corrected chi connectivity index (χ4v) is 0.834. The van der Waals surface area contributed by atoms with Crippen LogP contribution in [-0.4, -0.2) is 15.9 Å². The summed E-state index contributed by atoms with van der Waals surface area (Å²) in [7, 11) is 0. The fraction of sp³-hybridized carbons (Fsp3) is 0.143. The summed E-state index contributed by atoms with van der Waals surface area (Å²) in [5.74, 6) is -0.549. The third kappa shape index (κ3) is 1.49. The highest BCUT2D eigenvalue weighted by molar-refractivity contribution is 6.32. The van der Waals surface area contributed by atoms with Crippen molar-refractivity contribution in [2.75, 3.05) is 0 Å². The minimum Gasteiger partial charge on any atom is -0.504 e. The lowest BCUT2D eigenvalue weighted by Gasteiger charge is -1.99. The maximum absolute atomic E-state index is 10.7. The lowest BCUT2D eigenvalue weighted by atomic mass is 10.2. The Bertz CT molecular complexity index is 298. The van der Waals surface area contributed by atoms with Gasteiger partial charge in [0.1, 0.15) is 5.69 Å². The van der Waals surface area contributed by atoms with Gasteiger partial charge >= 0.3 is 0 Å². The summed E-state index contributed by atoms with van der Waals surface area (Å²) in [5.41, 5.74) is 0.0116. The Morgan fingerprint density at radius 1 is 1.73 bits per heavy atom. The molecular weight excluding hydrogens is 166 g/mol. The van der Waals surface area contributed by atoms with E-state index in [-0.39, 0.29) is 22.2 Å². The first-order valence-electron chi connectivity index (χ1n) is 2.97. The SMILES string of the molecule is CC(=O)c1nccc(Cl)c1O. The predicted molar refractivity (Wildman–Crippen MR) is 40.9 cm³/mol. The Hall–Kier alpha value is -1.09. The number of carbonyl (C=O) groups is 1. The van der Waals surface area contributed by atoms with Crippen LogP contribution < -0.4 is 0 Å². The monoisotopic (exact) mass is 171 g/mol. The number of halogens is 1. The van der Waals surface area contributed by atoms with E-state index in [4.69, 9.17) is 16.7 Å². The minimum absolute atomic E-state index is 0.0116. The summed E-state index contributed by atoms with van der Waals surface area (Å²) in [6.07, 6.45) is 1.37. The Labute approximate surface area is 68.6 Å². The summed E-state index contributed by atoms with van der Waals surface area (Å²) in [5, 5.41) is 9.30. The van der Waals surface area contributed by atoms with Crippen LogP contribution in [0.15, 0.2) is 12.3 Å². The molecule has 0 radical (unpaired) electrons. The van der Waals surface area contributed by atoms with Crippen LogP contribution in [0.2, 0.25) is 5.02 Å². The van der Waals surface area contributed by atoms with Crippen LogP contribution in [0, 0.1) is 0 Å². The molecule has 0 aromatic carbocycles. The first kappa shape index (κ1) is 8.01. The molecule has 0 aliphatic carbocycles. The number of hydrogen-bond acceptors (Lipinski definition) is 3. The van der Waals surface area contributed by atoms with Gasteiger partial charge in [0, 0.05) is 13.1 Å². The molecule has 0 bridgehead atoms. The Morgan fingerprint density at radius 3 is 2.82 bits per heavy atom. The molecule has 1 N–H and O–H groups in total. The molecule has 0 amide bonds. The molecule has 0 fully saturated rings. The first-order chi connectivity index (χ1) is 5.13. The second-order valence-corrected chi connectivity index (χ2v) is 2.45. The molecule has 3 nitrogen and oxygen atoms in total. The summed E-state index contributed by atoms with van der Waals surface area (Å²) in [6, 6.07) is 1.42. The summed E-state index contributed by atoms with van der Waals surface area (Å²) >= 11 is 5.52. The molecule has 1 rings (SSSR count). The molecule has 0 saturated heterocycles. The van der Waals surface area contributed by atoms with Crippen molar-refractivity contribution >= 4 is 17.4 Å². The highest BCUT2D eigenvalue weighted by atomic mass is 35.5. The van der Waals surface area contributed by atoms with E-state index in [0.29, 0.717) is 0 Å². The smallest absolute Gasteiger partial charge is 0.181 e. The number of hydrogen-bond donors (Lipinski definition) is 1. The van der Waals surface area contributed by atoms with Crippen molar-refractivity contribution in [1.82, 2.24) is 4.98 Å². The van der Waals surface area contributed by atoms with Gasteiger partial charge in [0.25, 0.3) is 0 Å². The van der Waals surface area contributed by atoms with Gasteiger partial charge in [0.2, 0.25) is 0 Å². The summed E-state index contributed by atoms with van der Waals surface area (Å²) in [4.78, 5) is 14.4. The van der Waals surface area contributed by atoms with Crippen LogP contribution in [0.3, 0.4) is 0 Å². The first-order valence-corrected chi connectivity index (χ1v) is 3.35. The number of aromatic hydroxyl groups is 1. The van der Waals surface area contributed by atoms with Gasteiger partial charge < -0.3 is 5.11 Å². The number of ketones is 1. The van der Waals surface area contributed by atoms with Crippen molar-refractivity contribution in [2.24, 2.45) is 0 Å². The van der Waals surface area contributed by atoms with E-state index in [1.54, 1.807) is 0 Å². The zero-order valence-electron chi connectivity index (χ0n) is 5.84. The Morgan fingerprint density at radius 2 is 2.36 bits per heavy atom. The molecule has 1 heterocycles. The molecular formula is C7H6ClNO2. The average molecular weight is 172 g/mol. The standard InChI is InChI=1S/C7H6ClNO2/c1-4(10)6-7(11)5(8)2-3-9-6/h2-3,11H,1H3. The number of nitrogens with zero attached hydrogens (tertiary/aromatic N) is 1. The van der Waals surface area contributed by atoms with Crippen LogP contribution in [0.25, 0.3) is 0 Å². The largest absolute Gasteiger partial charge is 0.504 e. The van der Waals surface area contributed by atoms with Gasteiger partial charge in [0.05, 0.1) is 5.02 Å². The summed E-state index contributed by atoms with van der Waals surface area (Å²) < 4.78 is 0. The van der Waals surface area contributed by atoms with Gasteiger partial charge in [-0.3, -0.25) is 4.79 Å². The van der Waals surface area contributed by atoms with Crippen molar-refractivity contribution < 1.29 is 9.90 Å². The van der Waals surface area contributed by atoms with Gasteiger partial charge in [-0.05, 0) is 6.07 Å². The van der Waals surface area contributed by atoms with Crippen LogP contribution in [0.5, 0.6) is 5.75 Å². The van der Waals surface area contributed by atoms with Crippen molar-refractivity contribution in [3.05, 3.63) is 23.0 Å². The zero-order chi connectivity index (χ0) is 8.43. The topological polar surface area (TPSA) is 50.2 Å². The fourth-order valence-electron chi connectivity index (χ4n) is 0.688. The van der Waals surface area contributed by atoms with Crippen LogP contribution in [0.4, 0.5) is 0 Å². The van der Waals surface area contributed by atoms with Gasteiger partial charge in [0.15, 0.2) is 11.5 Å². The molecule has 0 spiro atoms. The third-order valence-electron chi connectivity index (χ3n) is 1.21. The van der Waals surface area contributed by atoms with Crippen LogP contribution in [-0.2, 0) is 0 Å². The molecule has 0 atom stereocenters. The van der Waals surface area contributed by atoms with E-state index < -0.39 is 0 Å². The van der Waals surface area contributed by atoms with E-state index in [1.807, 2.05) is 0 Å². The average Bonchev–Trinajstić information content (AvgIpc) is 1.94. The maximum atomic E-state index is 10.7. The molecule has 0 aliphatic heterocycles. The summed E-state index contributed by atoms with van der Waals surface area (Å²) in [6.45, 7) is 1.32. The third-order valence-corrected chi connectivity index (χ3v) is 1.51. The molecule has 11 heavy (non-hydrogen) atoms. The van der Waals surface area contributed by atoms with Crippen molar-refractivity contribution in [3.8, 4) is 5.75 Å². The molecule has 0 saturated carbocycles. The maximum Gasteiger partial charge on any atom is 0.181 e. The van der Waals surface area contributed by atoms with Gasteiger partial charge in [-0.25, -0.2) is 4.98 Å². The number of pyridine rings is 1. The van der Waals surface area contributed by atoms with E-state index in [0.717, 1.165) is 0 Å². The molecule has 1 aromatic rings. The Balaban J connectivity index is 3.27. The van der Waals surface area contributed by atoms with E-state index in [1.165, 1.54) is 19.2 Å². The van der Waals surface area contributed by atoms with E-state index >= 15 is 0 Å². The predicted octanol–water partition coefficient (Wildman–Crippen LogP) is 1.64. The lowest BCUT2D eigenvalue weighted by molar-refractivity contribution is 0.101. The normalized spacial score (nSPS) is 9.64. The van der Waals surface area contributed by atoms with Crippen molar-refractivity contribution in [3.63, 3.8) is 0 Å². The van der Waals surface area contributed by atoms with Gasteiger partial charge in [-0.2, -0.15) is 0 Å². The van der Waals surface area contributed by atoms with Gasteiger partial charge in [-0.1, -0.05) is 11.6 Å². The molecule has 0 aliphatic rings. The number of rotatable bonds is 1. The van der Waals surface area contributed by atoms with E-state index in [2.05, 4.69) is 4.98 Å². The second-order valence-electron chi connectivity index (χ2n) is 2.05. The lowest BCUT2D eigenvalue weighted by Crippen LogP contribution is -1.96. The molecule has 58 valence electrons. The highest BCUT2D eigenvalue weighted by Gasteiger charge is 2.09. The molecule has 0 unspecified atom stereocenters. The van der Waals surface area contributed by atoms with Gasteiger partial charge in [-0.15, -0.1) is 0 Å². The van der Waals surface area contributed by atoms with Crippen LogP contribution in [0.1, 0.15) is 17.4 Å². The zero-order valence-corrected chi connectivity index (χ0v) is 6.59. The number of Topliss-reactive ketones (excluding diaryl/α,β-unsaturated/α-hetero) is 1. The quantitative estimate of drug-likeness (QED) is 0.654. The van der Waals surface area contributed by atoms with Crippen molar-refractivity contribution in [1.29, 1.82) is 0 Å². The second kappa shape index (κ2) is 2.88. The number of aromatic nitrogens is 1. The minimum atomic E-state index is -0.301. The van der Waals surface area contributed by atoms with Crippen molar-refractivity contribution in [2.45, 2.75) is 6.92 Å². The molecule has 4 heteroatoms. The highest BCUT2D eigenvalue weighted by Crippen LogP contribution is 2.24. The Kier molecular flexibility index (Phi) is 2.10. The number of carbonyl (C=O) groups excluding carboxylic acids is 1.